The number of hydrogen-bond donors (Lipinski definition) is 4. The van der Waals surface area contributed by atoms with E-state index in [0.29, 0.717) is 21.6 Å². The van der Waals surface area contributed by atoms with Gasteiger partial charge in [0.15, 0.2) is 29.9 Å². The molecule has 2 aliphatic rings. The van der Waals surface area contributed by atoms with Crippen molar-refractivity contribution in [2.75, 3.05) is 36.1 Å². The summed E-state index contributed by atoms with van der Waals surface area (Å²) in [5, 5.41) is 12.9. The van der Waals surface area contributed by atoms with E-state index in [4.69, 9.17) is 24.4 Å². The first-order valence-electron chi connectivity index (χ1n) is 9.04. The van der Waals surface area contributed by atoms with Gasteiger partial charge >= 0.3 is 0 Å². The van der Waals surface area contributed by atoms with Gasteiger partial charge in [0.25, 0.3) is 0 Å². The lowest BCUT2D eigenvalue weighted by molar-refractivity contribution is 0.600. The molecule has 158 valence electrons. The highest BCUT2D eigenvalue weighted by Gasteiger charge is 2.20. The van der Waals surface area contributed by atoms with E-state index in [0.717, 1.165) is 38.8 Å². The molecule has 2 aliphatic heterocycles. The predicted molar refractivity (Wildman–Crippen MR) is 119 cm³/mol. The molecule has 2 rings (SSSR count). The van der Waals surface area contributed by atoms with Crippen LogP contribution in [0.2, 0.25) is 0 Å². The van der Waals surface area contributed by atoms with Crippen LogP contribution in [0.1, 0.15) is 25.7 Å². The van der Waals surface area contributed by atoms with E-state index in [-0.39, 0.29) is 23.0 Å². The molecular weight excluding hydrogens is 440 g/mol. The van der Waals surface area contributed by atoms with Crippen LogP contribution < -0.4 is 21.3 Å². The summed E-state index contributed by atoms with van der Waals surface area (Å²) in [6, 6.07) is 0. The molecule has 0 radical (unpaired) electrons. The van der Waals surface area contributed by atoms with Gasteiger partial charge in [0.05, 0.1) is 23.0 Å². The van der Waals surface area contributed by atoms with E-state index in [1.165, 1.54) is 0 Å². The molecule has 0 atom stereocenters. The van der Waals surface area contributed by atoms with Gasteiger partial charge in [-0.25, -0.2) is 16.8 Å². The minimum atomic E-state index is -2.99. The second-order valence-corrected chi connectivity index (χ2v) is 11.8. The second kappa shape index (κ2) is 10.5. The Morgan fingerprint density at radius 1 is 0.750 bits per heavy atom. The molecule has 0 spiro atoms. The highest BCUT2D eigenvalue weighted by Crippen LogP contribution is 2.09. The maximum atomic E-state index is 11.4. The first kappa shape index (κ1) is 23.0. The number of nitrogens with one attached hydrogen (secondary N) is 4. The van der Waals surface area contributed by atoms with Gasteiger partial charge in [-0.3, -0.25) is 0 Å². The van der Waals surface area contributed by atoms with Crippen LogP contribution in [0.5, 0.6) is 0 Å². The van der Waals surface area contributed by atoms with Gasteiger partial charge in [0, 0.05) is 24.5 Å². The van der Waals surface area contributed by atoms with Crippen LogP contribution in [0.3, 0.4) is 0 Å². The Kier molecular flexibility index (Phi) is 8.65. The highest BCUT2D eigenvalue weighted by molar-refractivity contribution is 7.92. The first-order chi connectivity index (χ1) is 13.2. The Balaban J connectivity index is 1.43. The van der Waals surface area contributed by atoms with Crippen molar-refractivity contribution >= 4 is 54.3 Å². The minimum Gasteiger partial charge on any atom is -0.362 e. The van der Waals surface area contributed by atoms with Crippen molar-refractivity contribution < 1.29 is 16.8 Å². The van der Waals surface area contributed by atoms with E-state index >= 15 is 0 Å². The molecule has 4 N–H and O–H groups in total. The fraction of sp³-hybridized carbons (Fsp3) is 0.625. The molecule has 28 heavy (non-hydrogen) atoms. The number of unbranched alkanes of at least 4 members (excludes halogenated alkanes) is 3. The molecule has 0 aromatic rings. The van der Waals surface area contributed by atoms with Crippen LogP contribution in [-0.4, -0.2) is 63.2 Å². The van der Waals surface area contributed by atoms with Crippen molar-refractivity contribution in [3.05, 3.63) is 23.5 Å². The lowest BCUT2D eigenvalue weighted by Gasteiger charge is -2.11. The molecule has 0 amide bonds. The zero-order chi connectivity index (χ0) is 20.6. The Morgan fingerprint density at radius 3 is 1.46 bits per heavy atom. The van der Waals surface area contributed by atoms with Gasteiger partial charge < -0.3 is 21.3 Å². The first-order valence-corrected chi connectivity index (χ1v) is 13.5. The number of sulfone groups is 2. The van der Waals surface area contributed by atoms with Gasteiger partial charge in [-0.1, -0.05) is 12.8 Å². The molecule has 0 aromatic carbocycles. The maximum Gasteiger partial charge on any atom is 0.170 e. The summed E-state index contributed by atoms with van der Waals surface area (Å²) in [5.74, 6) is 0.181. The van der Waals surface area contributed by atoms with Crippen LogP contribution in [-0.2, 0) is 19.7 Å². The summed E-state index contributed by atoms with van der Waals surface area (Å²) in [6.07, 6.45) is 7.25. The number of thiocarbonyl (C=S) groups is 2. The smallest absolute Gasteiger partial charge is 0.170 e. The zero-order valence-corrected chi connectivity index (χ0v) is 18.8. The van der Waals surface area contributed by atoms with Crippen molar-refractivity contribution in [1.82, 2.24) is 21.3 Å². The summed E-state index contributed by atoms with van der Waals surface area (Å²) in [7, 11) is -5.98. The maximum absolute atomic E-state index is 11.4. The third kappa shape index (κ3) is 8.84. The molecule has 0 bridgehead atoms. The largest absolute Gasteiger partial charge is 0.362 e. The Labute approximate surface area is 177 Å². The van der Waals surface area contributed by atoms with E-state index in [2.05, 4.69) is 21.3 Å². The highest BCUT2D eigenvalue weighted by atomic mass is 32.2. The molecule has 0 fully saturated rings. The molecular formula is C16H26N4O4S4. The number of hydrogen-bond acceptors (Lipinski definition) is 6. The van der Waals surface area contributed by atoms with Gasteiger partial charge in [-0.05, 0) is 49.4 Å². The Morgan fingerprint density at radius 2 is 1.14 bits per heavy atom. The average molecular weight is 467 g/mol. The van der Waals surface area contributed by atoms with Gasteiger partial charge in [-0.15, -0.1) is 0 Å². The summed E-state index contributed by atoms with van der Waals surface area (Å²) in [4.78, 5) is 0. The van der Waals surface area contributed by atoms with Crippen molar-refractivity contribution in [2.45, 2.75) is 25.7 Å². The van der Waals surface area contributed by atoms with Crippen molar-refractivity contribution in [3.63, 3.8) is 0 Å². The standard InChI is InChI=1S/C16H26N4O4S4/c21-27(22)9-5-13(11-27)19-15(25)17-7-3-1-2-4-8-18-16(26)20-14-6-10-28(23,24)12-14/h5-6H,1-4,7-12H2,(H2,17,19,25)(H2,18,20,26). The molecule has 0 aliphatic carbocycles. The molecule has 0 aromatic heterocycles. The Hall–Kier alpha value is -1.24. The van der Waals surface area contributed by atoms with Crippen LogP contribution in [0.4, 0.5) is 0 Å². The van der Waals surface area contributed by atoms with Crippen molar-refractivity contribution in [2.24, 2.45) is 0 Å². The lowest BCUT2D eigenvalue weighted by Crippen LogP contribution is -2.36. The molecule has 0 unspecified atom stereocenters. The van der Waals surface area contributed by atoms with Gasteiger partial charge in [-0.2, -0.15) is 0 Å². The monoisotopic (exact) mass is 466 g/mol. The topological polar surface area (TPSA) is 116 Å². The summed E-state index contributed by atoms with van der Waals surface area (Å²) < 4.78 is 45.4. The SMILES string of the molecule is O=S1(=O)CC=C(NC(=S)NCCCCCCNC(=S)NC2=CCS(=O)(=O)C2)C1. The van der Waals surface area contributed by atoms with Crippen LogP contribution in [0.15, 0.2) is 23.5 Å². The van der Waals surface area contributed by atoms with E-state index in [1.807, 2.05) is 0 Å². The molecule has 0 saturated heterocycles. The fourth-order valence-corrected chi connectivity index (χ4v) is 5.67. The van der Waals surface area contributed by atoms with E-state index in [1.54, 1.807) is 12.2 Å². The van der Waals surface area contributed by atoms with E-state index in [9.17, 15) is 16.8 Å². The van der Waals surface area contributed by atoms with E-state index < -0.39 is 19.7 Å². The minimum absolute atomic E-state index is 0.0195. The van der Waals surface area contributed by atoms with Gasteiger partial charge in [0.2, 0.25) is 0 Å². The molecule has 2 heterocycles. The van der Waals surface area contributed by atoms with Crippen LogP contribution in [0.25, 0.3) is 0 Å². The fourth-order valence-electron chi connectivity index (χ4n) is 2.73. The zero-order valence-electron chi connectivity index (χ0n) is 15.5. The summed E-state index contributed by atoms with van der Waals surface area (Å²) in [6.45, 7) is 1.45. The third-order valence-corrected chi connectivity index (χ3v) is 7.48. The molecule has 12 heteroatoms. The third-order valence-electron chi connectivity index (χ3n) is 4.14. The molecule has 0 saturated carbocycles. The summed E-state index contributed by atoms with van der Waals surface area (Å²) in [5.41, 5.74) is 1.28. The summed E-state index contributed by atoms with van der Waals surface area (Å²) >= 11 is 10.3. The Bertz CT molecular complexity index is 791. The van der Waals surface area contributed by atoms with Crippen LogP contribution >= 0.6 is 24.4 Å². The second-order valence-electron chi connectivity index (χ2n) is 6.74. The lowest BCUT2D eigenvalue weighted by atomic mass is 10.2. The van der Waals surface area contributed by atoms with Crippen molar-refractivity contribution in [1.29, 1.82) is 0 Å². The molecule has 8 nitrogen and oxygen atoms in total. The number of rotatable bonds is 9. The van der Waals surface area contributed by atoms with Crippen LogP contribution in [0, 0.1) is 0 Å². The normalized spacial score (nSPS) is 19.4. The average Bonchev–Trinajstić information content (AvgIpc) is 3.10. The van der Waals surface area contributed by atoms with Crippen molar-refractivity contribution in [3.8, 4) is 0 Å². The van der Waals surface area contributed by atoms with Gasteiger partial charge in [0.1, 0.15) is 0 Å². The predicted octanol–water partition coefficient (Wildman–Crippen LogP) is 0.0996. The quantitative estimate of drug-likeness (QED) is 0.275.